The molecule has 0 aliphatic carbocycles. The van der Waals surface area contributed by atoms with Crippen LogP contribution in [0.5, 0.6) is 0 Å². The molecule has 132 valence electrons. The number of anilines is 1. The van der Waals surface area contributed by atoms with E-state index in [2.05, 4.69) is 22.3 Å². The molecule has 2 aromatic rings. The minimum atomic E-state index is -0.165. The molecule has 1 aliphatic rings. The van der Waals surface area contributed by atoms with Crippen LogP contribution in [0.2, 0.25) is 0 Å². The van der Waals surface area contributed by atoms with Gasteiger partial charge < -0.3 is 5.32 Å². The van der Waals surface area contributed by atoms with Crippen LogP contribution in [0.25, 0.3) is 0 Å². The number of hydrogen-bond donors (Lipinski definition) is 1. The molecular weight excluding hydrogens is 315 g/mol. The van der Waals surface area contributed by atoms with Crippen LogP contribution in [0.3, 0.4) is 0 Å². The number of hydrogen-bond acceptors (Lipinski definition) is 2. The molecule has 0 radical (unpaired) electrons. The Morgan fingerprint density at radius 2 is 1.96 bits per heavy atom. The van der Waals surface area contributed by atoms with Gasteiger partial charge in [-0.25, -0.2) is 4.39 Å². The fraction of sp³-hybridized carbons (Fsp3) is 0.381. The minimum Gasteiger partial charge on any atom is -0.326 e. The zero-order valence-corrected chi connectivity index (χ0v) is 14.7. The maximum Gasteiger partial charge on any atom is 0.221 e. The summed E-state index contributed by atoms with van der Waals surface area (Å²) in [4.78, 5) is 13.6. The number of amides is 1. The number of benzene rings is 2. The number of carbonyl (C=O) groups is 1. The van der Waals surface area contributed by atoms with Crippen molar-refractivity contribution in [3.63, 3.8) is 0 Å². The van der Waals surface area contributed by atoms with Crippen LogP contribution in [0, 0.1) is 5.82 Å². The van der Waals surface area contributed by atoms with Gasteiger partial charge in [-0.05, 0) is 54.8 Å². The van der Waals surface area contributed by atoms with Crippen LogP contribution in [0.1, 0.15) is 49.8 Å². The molecule has 1 N–H and O–H groups in total. The average molecular weight is 340 g/mol. The summed E-state index contributed by atoms with van der Waals surface area (Å²) in [6, 6.07) is 15.2. The monoisotopic (exact) mass is 340 g/mol. The van der Waals surface area contributed by atoms with Crippen LogP contribution < -0.4 is 5.32 Å². The molecule has 1 fully saturated rings. The first-order valence-electron chi connectivity index (χ1n) is 8.98. The normalized spacial score (nSPS) is 18.6. The molecular formula is C21H25FN2O. The Morgan fingerprint density at radius 1 is 1.16 bits per heavy atom. The van der Waals surface area contributed by atoms with E-state index < -0.39 is 0 Å². The fourth-order valence-electron chi connectivity index (χ4n) is 3.58. The summed E-state index contributed by atoms with van der Waals surface area (Å²) < 4.78 is 13.7. The van der Waals surface area contributed by atoms with Gasteiger partial charge in [0.1, 0.15) is 5.82 Å². The Morgan fingerprint density at radius 3 is 2.68 bits per heavy atom. The van der Waals surface area contributed by atoms with Crippen LogP contribution >= 0.6 is 0 Å². The second kappa shape index (κ2) is 8.26. The highest BCUT2D eigenvalue weighted by Gasteiger charge is 2.23. The zero-order valence-electron chi connectivity index (χ0n) is 14.7. The highest BCUT2D eigenvalue weighted by molar-refractivity contribution is 5.88. The van der Waals surface area contributed by atoms with Gasteiger partial charge in [0.2, 0.25) is 5.91 Å². The third-order valence-electron chi connectivity index (χ3n) is 4.76. The quantitative estimate of drug-likeness (QED) is 0.858. The van der Waals surface area contributed by atoms with Gasteiger partial charge in [0.05, 0.1) is 0 Å². The summed E-state index contributed by atoms with van der Waals surface area (Å²) in [5.41, 5.74) is 3.09. The number of nitrogens with one attached hydrogen (secondary N) is 1. The van der Waals surface area contributed by atoms with E-state index in [0.29, 0.717) is 0 Å². The largest absolute Gasteiger partial charge is 0.326 e. The van der Waals surface area contributed by atoms with E-state index in [1.54, 1.807) is 12.1 Å². The van der Waals surface area contributed by atoms with E-state index in [9.17, 15) is 9.18 Å². The van der Waals surface area contributed by atoms with Crippen LogP contribution in [0.15, 0.2) is 48.5 Å². The third kappa shape index (κ3) is 4.89. The molecule has 1 aliphatic heterocycles. The lowest BCUT2D eigenvalue weighted by atomic mass is 10.00. The Kier molecular flexibility index (Phi) is 5.82. The molecule has 25 heavy (non-hydrogen) atoms. The lowest BCUT2D eigenvalue weighted by molar-refractivity contribution is -0.114. The molecule has 0 aromatic heterocycles. The zero-order chi connectivity index (χ0) is 17.6. The van der Waals surface area contributed by atoms with Crippen molar-refractivity contribution in [1.29, 1.82) is 0 Å². The maximum atomic E-state index is 13.7. The molecule has 0 saturated carbocycles. The van der Waals surface area contributed by atoms with Crippen LogP contribution in [-0.2, 0) is 11.3 Å². The predicted molar refractivity (Wildman–Crippen MR) is 98.8 cm³/mol. The first-order chi connectivity index (χ1) is 12.1. The molecule has 0 spiro atoms. The maximum absolute atomic E-state index is 13.7. The van der Waals surface area contributed by atoms with Gasteiger partial charge >= 0.3 is 0 Å². The van der Waals surface area contributed by atoms with E-state index in [1.165, 1.54) is 37.8 Å². The molecule has 0 bridgehead atoms. The highest BCUT2D eigenvalue weighted by Crippen LogP contribution is 2.31. The van der Waals surface area contributed by atoms with Crippen LogP contribution in [0.4, 0.5) is 10.1 Å². The van der Waals surface area contributed by atoms with E-state index in [4.69, 9.17) is 0 Å². The lowest BCUT2D eigenvalue weighted by Gasteiger charge is -2.30. The predicted octanol–water partition coefficient (Wildman–Crippen LogP) is 4.90. The van der Waals surface area contributed by atoms with Crippen molar-refractivity contribution >= 4 is 11.6 Å². The molecule has 1 atom stereocenters. The highest BCUT2D eigenvalue weighted by atomic mass is 19.1. The van der Waals surface area contributed by atoms with Gasteiger partial charge in [0.25, 0.3) is 0 Å². The van der Waals surface area contributed by atoms with E-state index in [1.807, 2.05) is 18.2 Å². The number of rotatable bonds is 4. The number of nitrogens with zero attached hydrogens (tertiary/aromatic N) is 1. The molecule has 4 heteroatoms. The summed E-state index contributed by atoms with van der Waals surface area (Å²) in [5, 5.41) is 2.79. The topological polar surface area (TPSA) is 32.3 Å². The van der Waals surface area contributed by atoms with Crippen molar-refractivity contribution in [1.82, 2.24) is 4.90 Å². The number of halogens is 1. The molecule has 2 aromatic carbocycles. The van der Waals surface area contributed by atoms with E-state index >= 15 is 0 Å². The SMILES string of the molecule is CC(=O)Nc1ccc(CN2CCCCC[C@H]2c2cccc(F)c2)cc1. The second-order valence-electron chi connectivity index (χ2n) is 6.77. The van der Waals surface area contributed by atoms with Crippen molar-refractivity contribution in [3.05, 3.63) is 65.5 Å². The Balaban J connectivity index is 1.76. The molecule has 1 amide bonds. The smallest absolute Gasteiger partial charge is 0.221 e. The number of likely N-dealkylation sites (tertiary alicyclic amines) is 1. The van der Waals surface area contributed by atoms with E-state index in [0.717, 1.165) is 30.8 Å². The summed E-state index contributed by atoms with van der Waals surface area (Å²) in [7, 11) is 0. The van der Waals surface area contributed by atoms with Crippen molar-refractivity contribution in [3.8, 4) is 0 Å². The third-order valence-corrected chi connectivity index (χ3v) is 4.76. The van der Waals surface area contributed by atoms with Gasteiger partial charge in [0.15, 0.2) is 0 Å². The lowest BCUT2D eigenvalue weighted by Crippen LogP contribution is -2.28. The van der Waals surface area contributed by atoms with Gasteiger partial charge in [-0.1, -0.05) is 37.1 Å². The van der Waals surface area contributed by atoms with Crippen molar-refractivity contribution < 1.29 is 9.18 Å². The Hall–Kier alpha value is -2.20. The van der Waals surface area contributed by atoms with Crippen molar-refractivity contribution in [2.24, 2.45) is 0 Å². The molecule has 1 heterocycles. The summed E-state index contributed by atoms with van der Waals surface area (Å²) in [6.07, 6.45) is 4.64. The molecule has 3 nitrogen and oxygen atoms in total. The first-order valence-corrected chi connectivity index (χ1v) is 8.98. The van der Waals surface area contributed by atoms with Crippen LogP contribution in [-0.4, -0.2) is 17.4 Å². The molecule has 3 rings (SSSR count). The first kappa shape index (κ1) is 17.6. The Bertz CT molecular complexity index is 714. The molecule has 1 saturated heterocycles. The standard InChI is InChI=1S/C21H25FN2O/c1-16(25)23-20-11-9-17(10-12-20)15-24-13-4-2-3-8-21(24)18-6-5-7-19(22)14-18/h5-7,9-12,14,21H,2-4,8,13,15H2,1H3,(H,23,25)/t21-/m0/s1. The van der Waals surface area contributed by atoms with Crippen molar-refractivity contribution in [2.45, 2.75) is 45.2 Å². The minimum absolute atomic E-state index is 0.0635. The second-order valence-corrected chi connectivity index (χ2v) is 6.77. The molecule has 0 unspecified atom stereocenters. The summed E-state index contributed by atoms with van der Waals surface area (Å²) in [5.74, 6) is -0.229. The van der Waals surface area contributed by atoms with Gasteiger partial charge in [-0.2, -0.15) is 0 Å². The van der Waals surface area contributed by atoms with Gasteiger partial charge in [0, 0.05) is 25.2 Å². The number of carbonyl (C=O) groups excluding carboxylic acids is 1. The van der Waals surface area contributed by atoms with Gasteiger partial charge in [-0.3, -0.25) is 9.69 Å². The average Bonchev–Trinajstić information content (AvgIpc) is 2.82. The van der Waals surface area contributed by atoms with E-state index in [-0.39, 0.29) is 17.8 Å². The van der Waals surface area contributed by atoms with Gasteiger partial charge in [-0.15, -0.1) is 0 Å². The summed E-state index contributed by atoms with van der Waals surface area (Å²) in [6.45, 7) is 3.37. The summed E-state index contributed by atoms with van der Waals surface area (Å²) >= 11 is 0. The Labute approximate surface area is 148 Å². The van der Waals surface area contributed by atoms with Crippen molar-refractivity contribution in [2.75, 3.05) is 11.9 Å². The fourth-order valence-corrected chi connectivity index (χ4v) is 3.58.